The first kappa shape index (κ1) is 63.8. The average Bonchev–Trinajstić information content (AvgIpc) is 1.43. The lowest BCUT2D eigenvalue weighted by Gasteiger charge is -2.46. The molecule has 0 fully saturated rings. The quantitative estimate of drug-likeness (QED) is 0.154. The van der Waals surface area contributed by atoms with Gasteiger partial charge in [-0.15, -0.1) is 0 Å². The number of nitrogens with zero attached hydrogens (tertiary/aromatic N) is 4. The van der Waals surface area contributed by atoms with Gasteiger partial charge in [0.1, 0.15) is 0 Å². The van der Waals surface area contributed by atoms with Gasteiger partial charge < -0.3 is 18.9 Å². The number of fused-ring (bicyclic) bond motifs is 30. The van der Waals surface area contributed by atoms with Crippen LogP contribution in [0.5, 0.6) is 0 Å². The van der Waals surface area contributed by atoms with Crippen molar-refractivity contribution in [2.45, 2.75) is 142 Å². The predicted molar refractivity (Wildman–Crippen MR) is 546 cm³/mol. The van der Waals surface area contributed by atoms with Gasteiger partial charge in [-0.1, -0.05) is 346 Å². The molecule has 4 nitrogen and oxygen atoms in total. The third kappa shape index (κ3) is 10.8. The second kappa shape index (κ2) is 26.8. The van der Waals surface area contributed by atoms with Gasteiger partial charge in [0.05, 0.1) is 63.5 Å². The van der Waals surface area contributed by atoms with Gasteiger partial charge in [-0.2, -0.15) is 0 Å². The van der Waals surface area contributed by atoms with Gasteiger partial charge >= 0.3 is 0 Å². The molecule has 4 heterocycles. The van der Waals surface area contributed by atoms with Gasteiger partial charge in [-0.3, -0.25) is 0 Å². The predicted octanol–water partition coefficient (Wildman–Crippen LogP) is 30.5. The highest BCUT2D eigenvalue weighted by Crippen LogP contribution is 2.66. The summed E-state index contributed by atoms with van der Waals surface area (Å²) in [7, 11) is 0. The maximum atomic E-state index is 10.4. The van der Waals surface area contributed by atoms with Crippen LogP contribution in [0.2, 0.25) is 0 Å². The van der Waals surface area contributed by atoms with Gasteiger partial charge in [0.2, 0.25) is 0 Å². The van der Waals surface area contributed by atoms with E-state index in [1.54, 1.807) is 9.13 Å². The average molecular weight is 1670 g/mol. The molecule has 2 aromatic heterocycles. The number of para-hydroxylation sites is 2. The van der Waals surface area contributed by atoms with Crippen molar-refractivity contribution in [2.24, 2.45) is 0 Å². The summed E-state index contributed by atoms with van der Waals surface area (Å²) in [6.07, 6.45) is 0. The number of benzene rings is 17. The molecular formula is C124H103BN4. The van der Waals surface area contributed by atoms with E-state index in [2.05, 4.69) is 327 Å². The minimum atomic E-state index is -0.856. The van der Waals surface area contributed by atoms with Gasteiger partial charge in [0.25, 0.3) is 6.71 Å². The van der Waals surface area contributed by atoms with Gasteiger partial charge in [-0.25, -0.2) is 0 Å². The number of rotatable bonds is 6. The largest absolute Gasteiger partial charge is 0.311 e. The highest BCUT2D eigenvalue weighted by Gasteiger charge is 2.55. The van der Waals surface area contributed by atoms with E-state index in [9.17, 15) is 19.2 Å². The fourth-order valence-electron chi connectivity index (χ4n) is 22.9. The second-order valence-electron chi connectivity index (χ2n) is 41.6. The third-order valence-corrected chi connectivity index (χ3v) is 29.1. The van der Waals surface area contributed by atoms with Crippen molar-refractivity contribution in [1.82, 2.24) is 9.13 Å². The Labute approximate surface area is 778 Å². The van der Waals surface area contributed by atoms with Crippen LogP contribution in [0.15, 0.2) is 352 Å². The monoisotopic (exact) mass is 1670 g/mol. The lowest BCUT2D eigenvalue weighted by atomic mass is 9.33. The first-order chi connectivity index (χ1) is 68.0. The van der Waals surface area contributed by atoms with E-state index in [0.29, 0.717) is 22.7 Å². The first-order valence-corrected chi connectivity index (χ1v) is 45.3. The zero-order valence-corrected chi connectivity index (χ0v) is 75.3. The summed E-state index contributed by atoms with van der Waals surface area (Å²) in [5.41, 5.74) is 29.5. The van der Waals surface area contributed by atoms with Crippen molar-refractivity contribution >= 4 is 101 Å². The lowest BCUT2D eigenvalue weighted by molar-refractivity contribution is 0.590. The molecule has 129 heavy (non-hydrogen) atoms. The standard InChI is InChI=1S/C124H103BN4/c1-118(2,3)76-50-60-109(93(66-76)74-48-56-89-87-36-20-28-44-101(87)123(103(89)64-74)97-40-24-16-32-83(97)84-33-17-25-41-98(84)123)128-113-72-81(126-107-46-30-22-38-91(107)95-68-78(120(7,8)9)52-62-111(95)126)54-58-105(113)125-106-59-55-82(127-108-47-31-23-39-92(108)96-69-79(121(10,11)12)53-63-112(96)127)73-114(106)129(116-71-80(122(13,14)15)70-115(128)117(116)125)110-61-51-77(119(4,5)6)67-94(110)75-49-57-90-88-37-21-29-45-102(88)124(104(90)65-75)99-42-26-18-34-85(99)86-35-19-27-43-100(86)124/h16-73H,1-15H3/i22D,23D,30D,31D,38D,39D,46D,47D,52D,53D,62D,63D,68D,69D. The third-order valence-electron chi connectivity index (χ3n) is 29.1. The van der Waals surface area contributed by atoms with E-state index in [1.807, 2.05) is 53.7 Å². The Bertz CT molecular complexity index is 8400. The number of hydrogen-bond donors (Lipinski definition) is 0. The Morgan fingerprint density at radius 1 is 0.240 bits per heavy atom. The molecule has 5 heteroatoms. The maximum Gasteiger partial charge on any atom is 0.252 e. The molecule has 6 aliphatic rings. The molecule has 0 unspecified atom stereocenters. The summed E-state index contributed by atoms with van der Waals surface area (Å²) in [5, 5.41) is 0.396. The molecule has 17 aromatic carbocycles. The van der Waals surface area contributed by atoms with Crippen LogP contribution in [-0.2, 0) is 37.9 Å². The van der Waals surface area contributed by atoms with Crippen LogP contribution in [0.1, 0.15) is 195 Å². The Morgan fingerprint density at radius 3 is 0.899 bits per heavy atom. The molecule has 622 valence electrons. The Balaban J connectivity index is 0.838. The van der Waals surface area contributed by atoms with Crippen molar-refractivity contribution in [1.29, 1.82) is 0 Å². The van der Waals surface area contributed by atoms with Gasteiger partial charge in [0.15, 0.2) is 0 Å². The minimum Gasteiger partial charge on any atom is -0.311 e. The van der Waals surface area contributed by atoms with Crippen molar-refractivity contribution in [3.8, 4) is 78.1 Å². The molecule has 0 radical (unpaired) electrons. The SMILES string of the molecule is [2H]c1c([2H])c([2H])c2c(c1[2H])c1c([2H])c(C(C)(C)C)c([2H])c([2H])c1n2-c1ccc2c(c1)N(c1ccc(C(C)(C)C)cc1-c1ccc3c(c1)C1(c4ccccc4-c4ccccc41)c1ccccc1-3)c1cc(C(C)(C)C)cc3c1B2c1ccc(-n2c4c([2H])c([2H])c([2H])c([2H])c4c4c([2H])c(C(C)(C)C)c([2H])c([2H])c42)cc1N3c1ccc(C(C)(C)C)cc1-c1ccc2c(c1)C1(c3ccccc3-c3ccccc31)c1ccccc1-2. The smallest absolute Gasteiger partial charge is 0.252 e. The fourth-order valence-corrected chi connectivity index (χ4v) is 22.9. The summed E-state index contributed by atoms with van der Waals surface area (Å²) >= 11 is 0. The van der Waals surface area contributed by atoms with Crippen LogP contribution in [0.3, 0.4) is 0 Å². The van der Waals surface area contributed by atoms with Crippen LogP contribution in [0.4, 0.5) is 34.1 Å². The van der Waals surface area contributed by atoms with Crippen LogP contribution in [-0.4, -0.2) is 15.8 Å². The molecule has 0 N–H and O–H groups in total. The normalized spacial score (nSPS) is 16.1. The van der Waals surface area contributed by atoms with Gasteiger partial charge in [0, 0.05) is 66.8 Å². The zero-order valence-electron chi connectivity index (χ0n) is 89.3. The van der Waals surface area contributed by atoms with Crippen molar-refractivity contribution in [3.63, 3.8) is 0 Å². The van der Waals surface area contributed by atoms with Crippen molar-refractivity contribution < 1.29 is 19.2 Å². The van der Waals surface area contributed by atoms with E-state index < -0.39 is 68.8 Å². The number of aromatic nitrogens is 2. The molecule has 19 aromatic rings. The first-order valence-electron chi connectivity index (χ1n) is 52.3. The topological polar surface area (TPSA) is 16.3 Å². The molecule has 0 bridgehead atoms. The number of hydrogen-bond acceptors (Lipinski definition) is 2. The molecule has 0 saturated carbocycles. The van der Waals surface area contributed by atoms with E-state index in [0.717, 1.165) is 111 Å². The Hall–Kier alpha value is -14.0. The Kier molecular flexibility index (Phi) is 13.3. The van der Waals surface area contributed by atoms with Crippen molar-refractivity contribution in [3.05, 3.63) is 424 Å². The van der Waals surface area contributed by atoms with E-state index in [4.69, 9.17) is 0 Å². The van der Waals surface area contributed by atoms with Gasteiger partial charge in [-0.05, 0) is 280 Å². The highest BCUT2D eigenvalue weighted by atomic mass is 15.2. The molecule has 4 aliphatic carbocycles. The van der Waals surface area contributed by atoms with Crippen LogP contribution in [0.25, 0.3) is 122 Å². The lowest BCUT2D eigenvalue weighted by Crippen LogP contribution is -2.61. The van der Waals surface area contributed by atoms with E-state index in [1.165, 1.54) is 55.6 Å². The summed E-state index contributed by atoms with van der Waals surface area (Å²) in [5.74, 6) is 0. The second-order valence-corrected chi connectivity index (χ2v) is 41.6. The molecule has 2 aliphatic heterocycles. The summed E-state index contributed by atoms with van der Waals surface area (Å²) in [6.45, 7) is 30.8. The maximum absolute atomic E-state index is 10.4. The zero-order chi connectivity index (χ0) is 100.0. The van der Waals surface area contributed by atoms with Crippen molar-refractivity contribution in [2.75, 3.05) is 9.80 Å². The molecule has 0 atom stereocenters. The Morgan fingerprint density at radius 2 is 0.558 bits per heavy atom. The number of anilines is 6. The molecule has 2 spiro atoms. The summed E-state index contributed by atoms with van der Waals surface area (Å²) < 4.78 is 144. The summed E-state index contributed by atoms with van der Waals surface area (Å²) in [6, 6.07) is 93.6. The van der Waals surface area contributed by atoms with Crippen LogP contribution < -0.4 is 26.2 Å². The van der Waals surface area contributed by atoms with E-state index >= 15 is 0 Å². The summed E-state index contributed by atoms with van der Waals surface area (Å²) in [4.78, 5) is 4.83. The highest BCUT2D eigenvalue weighted by molar-refractivity contribution is 7.00. The fraction of sp³-hybridized carbons (Fsp3) is 0.177. The molecule has 0 saturated heterocycles. The van der Waals surface area contributed by atoms with Crippen LogP contribution >= 0.6 is 0 Å². The van der Waals surface area contributed by atoms with Crippen LogP contribution in [0, 0.1) is 0 Å². The molecule has 25 rings (SSSR count). The van der Waals surface area contributed by atoms with E-state index in [-0.39, 0.29) is 115 Å². The minimum absolute atomic E-state index is 0.0488. The molecule has 0 amide bonds. The molecular weight excluding hydrogens is 1560 g/mol.